The maximum atomic E-state index is 6.92. The second-order valence-corrected chi connectivity index (χ2v) is 12.5. The van der Waals surface area contributed by atoms with Crippen LogP contribution in [0.3, 0.4) is 0 Å². The molecule has 2 aliphatic rings. The van der Waals surface area contributed by atoms with Gasteiger partial charge in [0.1, 0.15) is 11.3 Å². The van der Waals surface area contributed by atoms with Gasteiger partial charge in [0.15, 0.2) is 0 Å². The van der Waals surface area contributed by atoms with Crippen LogP contribution in [0, 0.1) is 0 Å². The summed E-state index contributed by atoms with van der Waals surface area (Å²) in [6.07, 6.45) is 5.50. The second kappa shape index (κ2) is 8.36. The minimum absolute atomic E-state index is 0.174. The summed E-state index contributed by atoms with van der Waals surface area (Å²) in [5.74, 6) is 1.42. The Kier molecular flexibility index (Phi) is 4.75. The van der Waals surface area contributed by atoms with Crippen molar-refractivity contribution in [2.24, 2.45) is 0 Å². The van der Waals surface area contributed by atoms with Gasteiger partial charge in [0.2, 0.25) is 0 Å². The van der Waals surface area contributed by atoms with Crippen LogP contribution in [-0.2, 0) is 5.41 Å². The lowest BCUT2D eigenvalue weighted by molar-refractivity contribution is 0.589. The van der Waals surface area contributed by atoms with Crippen molar-refractivity contribution in [2.45, 2.75) is 38.5 Å². The van der Waals surface area contributed by atoms with Crippen molar-refractivity contribution in [1.82, 2.24) is 4.57 Å². The molecular formula is C40H31NO. The summed E-state index contributed by atoms with van der Waals surface area (Å²) < 4.78 is 9.41. The molecule has 202 valence electrons. The summed E-state index contributed by atoms with van der Waals surface area (Å²) >= 11 is 0. The molecule has 0 bridgehead atoms. The highest BCUT2D eigenvalue weighted by Crippen LogP contribution is 2.58. The monoisotopic (exact) mass is 541 g/mol. The van der Waals surface area contributed by atoms with Gasteiger partial charge in [0, 0.05) is 27.4 Å². The van der Waals surface area contributed by atoms with Crippen LogP contribution >= 0.6 is 0 Å². The Labute approximate surface area is 245 Å². The first-order valence-corrected chi connectivity index (χ1v) is 15.0. The fourth-order valence-electron chi connectivity index (χ4n) is 7.91. The lowest BCUT2D eigenvalue weighted by atomic mass is 9.80. The number of hydrogen-bond donors (Lipinski definition) is 0. The van der Waals surface area contributed by atoms with Crippen molar-refractivity contribution in [3.8, 4) is 27.9 Å². The maximum absolute atomic E-state index is 6.92. The van der Waals surface area contributed by atoms with Crippen molar-refractivity contribution in [1.29, 1.82) is 0 Å². The molecule has 0 radical (unpaired) electrons. The van der Waals surface area contributed by atoms with Crippen LogP contribution in [0.25, 0.3) is 66.8 Å². The number of fused-ring (bicyclic) bond motifs is 12. The summed E-state index contributed by atoms with van der Waals surface area (Å²) in [4.78, 5) is 0. The highest BCUT2D eigenvalue weighted by atomic mass is 16.3. The number of para-hydroxylation sites is 1. The first-order valence-electron chi connectivity index (χ1n) is 15.0. The first kappa shape index (κ1) is 23.8. The minimum Gasteiger partial charge on any atom is -0.456 e. The van der Waals surface area contributed by atoms with E-state index in [9.17, 15) is 0 Å². The van der Waals surface area contributed by atoms with Crippen LogP contribution in [0.4, 0.5) is 0 Å². The highest BCUT2D eigenvalue weighted by Gasteiger charge is 2.42. The van der Waals surface area contributed by atoms with Gasteiger partial charge in [-0.2, -0.15) is 0 Å². The number of rotatable bonds is 2. The molecule has 2 aliphatic carbocycles. The van der Waals surface area contributed by atoms with E-state index in [0.717, 1.165) is 17.8 Å². The first-order chi connectivity index (χ1) is 20.5. The predicted molar refractivity (Wildman–Crippen MR) is 176 cm³/mol. The fourth-order valence-corrected chi connectivity index (χ4v) is 7.91. The van der Waals surface area contributed by atoms with Crippen molar-refractivity contribution in [3.63, 3.8) is 0 Å². The Bertz CT molecular complexity index is 2240. The van der Waals surface area contributed by atoms with Gasteiger partial charge in [-0.3, -0.25) is 0 Å². The van der Waals surface area contributed by atoms with Gasteiger partial charge in [-0.05, 0) is 70.0 Å². The third-order valence-electron chi connectivity index (χ3n) is 9.79. The van der Waals surface area contributed by atoms with E-state index in [4.69, 9.17) is 4.42 Å². The lowest BCUT2D eigenvalue weighted by Crippen LogP contribution is -2.16. The third-order valence-corrected chi connectivity index (χ3v) is 9.79. The number of nitrogens with zero attached hydrogens (tertiary/aromatic N) is 1. The average Bonchev–Trinajstić information content (AvgIpc) is 3.65. The van der Waals surface area contributed by atoms with Crippen LogP contribution in [0.5, 0.6) is 0 Å². The maximum Gasteiger partial charge on any atom is 0.145 e. The van der Waals surface area contributed by atoms with Gasteiger partial charge in [-0.15, -0.1) is 0 Å². The molecule has 0 saturated carbocycles. The van der Waals surface area contributed by atoms with E-state index in [0.29, 0.717) is 5.92 Å². The van der Waals surface area contributed by atoms with Crippen LogP contribution in [0.1, 0.15) is 55.6 Å². The minimum atomic E-state index is -0.174. The van der Waals surface area contributed by atoms with Crippen LogP contribution in [-0.4, -0.2) is 4.57 Å². The largest absolute Gasteiger partial charge is 0.456 e. The van der Waals surface area contributed by atoms with Crippen molar-refractivity contribution in [2.75, 3.05) is 0 Å². The SMILES string of the molecule is CC1CC=Cc2oc3c(c4c(c5c3c3ccccc3n5-c3ccc(-c5ccccc5)cc3)C(C)(C)c3ccccc3-4)c21. The van der Waals surface area contributed by atoms with Gasteiger partial charge >= 0.3 is 0 Å². The molecule has 0 fully saturated rings. The van der Waals surface area contributed by atoms with Crippen LogP contribution in [0.15, 0.2) is 114 Å². The molecule has 5 aromatic carbocycles. The summed E-state index contributed by atoms with van der Waals surface area (Å²) in [6.45, 7) is 7.15. The molecule has 2 nitrogen and oxygen atoms in total. The van der Waals surface area contributed by atoms with E-state index >= 15 is 0 Å². The Hall–Kier alpha value is -4.82. The summed E-state index contributed by atoms with van der Waals surface area (Å²) in [7, 11) is 0. The standard InChI is InChI=1S/C40H31NO/c1-24-12-11-19-32-33(24)36-34-28-15-7-9-17-30(28)40(2,3)37(34)38-35(39(36)42-32)29-16-8-10-18-31(29)41(38)27-22-20-26(21-23-27)25-13-5-4-6-14-25/h4-11,13-24H,12H2,1-3H3. The summed E-state index contributed by atoms with van der Waals surface area (Å²) in [5.41, 5.74) is 13.8. The summed E-state index contributed by atoms with van der Waals surface area (Å²) in [6, 6.07) is 37.5. The van der Waals surface area contributed by atoms with E-state index in [1.807, 2.05) is 0 Å². The van der Waals surface area contributed by atoms with E-state index in [-0.39, 0.29) is 5.41 Å². The topological polar surface area (TPSA) is 18.1 Å². The van der Waals surface area contributed by atoms with E-state index in [1.165, 1.54) is 71.8 Å². The average molecular weight is 542 g/mol. The molecule has 0 N–H and O–H groups in total. The molecule has 1 atom stereocenters. The zero-order valence-electron chi connectivity index (χ0n) is 24.1. The zero-order chi connectivity index (χ0) is 28.2. The van der Waals surface area contributed by atoms with Gasteiger partial charge in [0.05, 0.1) is 16.4 Å². The molecule has 9 rings (SSSR count). The Morgan fingerprint density at radius 1 is 0.762 bits per heavy atom. The van der Waals surface area contributed by atoms with Gasteiger partial charge < -0.3 is 8.98 Å². The molecule has 0 spiro atoms. The second-order valence-electron chi connectivity index (χ2n) is 12.5. The third kappa shape index (κ3) is 2.99. The predicted octanol–water partition coefficient (Wildman–Crippen LogP) is 11.0. The Morgan fingerprint density at radius 2 is 1.48 bits per heavy atom. The molecule has 7 aromatic rings. The molecule has 0 aliphatic heterocycles. The quantitative estimate of drug-likeness (QED) is 0.213. The van der Waals surface area contributed by atoms with Gasteiger partial charge in [0.25, 0.3) is 0 Å². The van der Waals surface area contributed by atoms with Gasteiger partial charge in [-0.1, -0.05) is 112 Å². The molecule has 0 saturated heterocycles. The molecule has 0 amide bonds. The van der Waals surface area contributed by atoms with E-state index in [1.54, 1.807) is 0 Å². The summed E-state index contributed by atoms with van der Waals surface area (Å²) in [5, 5.41) is 3.77. The fraction of sp³-hybridized carbons (Fsp3) is 0.150. The number of hydrogen-bond acceptors (Lipinski definition) is 1. The number of benzene rings is 5. The van der Waals surface area contributed by atoms with E-state index < -0.39 is 0 Å². The number of aromatic nitrogens is 1. The molecule has 1 unspecified atom stereocenters. The van der Waals surface area contributed by atoms with Crippen LogP contribution < -0.4 is 0 Å². The van der Waals surface area contributed by atoms with Crippen molar-refractivity contribution < 1.29 is 4.42 Å². The molecule has 2 heteroatoms. The molecule has 2 heterocycles. The van der Waals surface area contributed by atoms with Gasteiger partial charge in [-0.25, -0.2) is 0 Å². The van der Waals surface area contributed by atoms with Crippen molar-refractivity contribution >= 4 is 38.9 Å². The molecule has 2 aromatic heterocycles. The Balaban J connectivity index is 1.48. The van der Waals surface area contributed by atoms with Crippen molar-refractivity contribution in [3.05, 3.63) is 132 Å². The van der Waals surface area contributed by atoms with Crippen LogP contribution in [0.2, 0.25) is 0 Å². The van der Waals surface area contributed by atoms with E-state index in [2.05, 4.69) is 141 Å². The zero-order valence-corrected chi connectivity index (χ0v) is 24.1. The Morgan fingerprint density at radius 3 is 2.31 bits per heavy atom. The molecular weight excluding hydrogens is 510 g/mol. The number of furan rings is 1. The smallest absolute Gasteiger partial charge is 0.145 e. The normalized spacial score (nSPS) is 16.7. The molecule has 42 heavy (non-hydrogen) atoms. The number of allylic oxidation sites excluding steroid dienone is 1. The lowest BCUT2D eigenvalue weighted by Gasteiger charge is -2.24. The highest BCUT2D eigenvalue weighted by molar-refractivity contribution is 6.26.